The quantitative estimate of drug-likeness (QED) is 0.775. The van der Waals surface area contributed by atoms with Crippen molar-refractivity contribution < 1.29 is 14.3 Å². The average molecular weight is 335 g/mol. The molecule has 4 nitrogen and oxygen atoms in total. The minimum Gasteiger partial charge on any atom is -0.354 e. The van der Waals surface area contributed by atoms with E-state index in [2.05, 4.69) is 25.3 Å². The number of ether oxygens (including phenoxy) is 2. The van der Waals surface area contributed by atoms with Gasteiger partial charge in [0.1, 0.15) is 11.8 Å². The topological polar surface area (TPSA) is 42.1 Å². The van der Waals surface area contributed by atoms with E-state index in [1.54, 1.807) is 11.8 Å². The highest BCUT2D eigenvalue weighted by Gasteiger charge is 2.53. The van der Waals surface area contributed by atoms with Crippen LogP contribution in [0.3, 0.4) is 0 Å². The Morgan fingerprint density at radius 2 is 2.04 bits per heavy atom. The number of carbonyl (C=O) groups excluding carboxylic acids is 1. The summed E-state index contributed by atoms with van der Waals surface area (Å²) in [5.41, 5.74) is 1.74. The van der Waals surface area contributed by atoms with Crippen molar-refractivity contribution in [2.24, 2.45) is 0 Å². The number of hydrogen-bond acceptors (Lipinski definition) is 4. The summed E-state index contributed by atoms with van der Waals surface area (Å²) in [6.07, 6.45) is 2.57. The van der Waals surface area contributed by atoms with Gasteiger partial charge >= 0.3 is 0 Å². The summed E-state index contributed by atoms with van der Waals surface area (Å²) in [6.45, 7) is 6.60. The summed E-state index contributed by atoms with van der Waals surface area (Å²) < 4.78 is 11.6. The number of aryl methyl sites for hydroxylation is 1. The Labute approximate surface area is 142 Å². The van der Waals surface area contributed by atoms with Crippen LogP contribution in [0.5, 0.6) is 0 Å². The van der Waals surface area contributed by atoms with Crippen LogP contribution in [0.25, 0.3) is 0 Å². The van der Waals surface area contributed by atoms with Crippen molar-refractivity contribution in [3.63, 3.8) is 0 Å². The first-order valence-corrected chi connectivity index (χ1v) is 9.51. The molecule has 3 rings (SSSR count). The summed E-state index contributed by atoms with van der Waals surface area (Å²) in [6, 6.07) is 8.35. The van der Waals surface area contributed by atoms with Crippen LogP contribution in [0.15, 0.2) is 24.3 Å². The molecule has 1 amide bonds. The second-order valence-corrected chi connectivity index (χ2v) is 7.77. The van der Waals surface area contributed by atoms with Crippen LogP contribution in [0.2, 0.25) is 0 Å². The minimum atomic E-state index is -0.552. The maximum atomic E-state index is 13.0. The Morgan fingerprint density at radius 3 is 2.70 bits per heavy atom. The molecule has 0 aliphatic carbocycles. The van der Waals surface area contributed by atoms with Crippen LogP contribution >= 0.6 is 11.8 Å². The summed E-state index contributed by atoms with van der Waals surface area (Å²) in [5.74, 6) is 1.09. The van der Waals surface area contributed by atoms with Gasteiger partial charge in [0.05, 0.1) is 12.6 Å². The maximum absolute atomic E-state index is 13.0. The molecule has 1 aromatic carbocycles. The Morgan fingerprint density at radius 1 is 1.35 bits per heavy atom. The lowest BCUT2D eigenvalue weighted by Gasteiger charge is -2.33. The van der Waals surface area contributed by atoms with E-state index in [4.69, 9.17) is 9.47 Å². The molecule has 1 aromatic rings. The highest BCUT2D eigenvalue weighted by Crippen LogP contribution is 2.42. The molecule has 3 atom stereocenters. The molecule has 23 heavy (non-hydrogen) atoms. The Bertz CT molecular complexity index is 572. The molecule has 0 aromatic heterocycles. The summed E-state index contributed by atoms with van der Waals surface area (Å²) in [4.78, 5) is 14.9. The van der Waals surface area contributed by atoms with Crippen LogP contribution in [0.4, 0.5) is 0 Å². The standard InChI is InChI=1S/C18H25NO3S/c1-12-5-7-13(8-6-12)15-16(22-15)17(20)19-14(9-10-23-4)11-21-18(19,2)3/h5-8,14-16H,9-11H2,1-4H3/t14-,15+,16-/m0/s1. The highest BCUT2D eigenvalue weighted by molar-refractivity contribution is 7.98. The summed E-state index contributed by atoms with van der Waals surface area (Å²) in [5, 5.41) is 0. The first-order chi connectivity index (χ1) is 10.9. The zero-order valence-electron chi connectivity index (χ0n) is 14.2. The Kier molecular flexibility index (Phi) is 4.72. The van der Waals surface area contributed by atoms with E-state index in [0.29, 0.717) is 6.61 Å². The third-order valence-electron chi connectivity index (χ3n) is 4.61. The first-order valence-electron chi connectivity index (χ1n) is 8.12. The van der Waals surface area contributed by atoms with Crippen molar-refractivity contribution in [3.8, 4) is 0 Å². The fourth-order valence-electron chi connectivity index (χ4n) is 3.24. The molecule has 0 N–H and O–H groups in total. The van der Waals surface area contributed by atoms with E-state index in [1.807, 2.05) is 30.9 Å². The average Bonchev–Trinajstić information content (AvgIpc) is 3.25. The Balaban J connectivity index is 1.70. The van der Waals surface area contributed by atoms with Gasteiger partial charge in [0, 0.05) is 0 Å². The molecule has 5 heteroatoms. The van der Waals surface area contributed by atoms with Crippen LogP contribution in [-0.4, -0.2) is 47.3 Å². The number of hydrogen-bond donors (Lipinski definition) is 0. The highest BCUT2D eigenvalue weighted by atomic mass is 32.2. The largest absolute Gasteiger partial charge is 0.354 e. The molecule has 126 valence electrons. The monoisotopic (exact) mass is 335 g/mol. The van der Waals surface area contributed by atoms with Gasteiger partial charge in [-0.2, -0.15) is 11.8 Å². The number of epoxide rings is 1. The Hall–Kier alpha value is -1.04. The van der Waals surface area contributed by atoms with E-state index < -0.39 is 5.72 Å². The zero-order chi connectivity index (χ0) is 16.6. The second kappa shape index (κ2) is 6.46. The SMILES string of the molecule is CSCC[C@H]1COC(C)(C)N1C(=O)[C@H]1O[C@@H]1c1ccc(C)cc1. The molecular formula is C18H25NO3S. The van der Waals surface area contributed by atoms with Crippen molar-refractivity contribution in [1.29, 1.82) is 0 Å². The minimum absolute atomic E-state index is 0.0594. The number of rotatable bonds is 5. The van der Waals surface area contributed by atoms with Crippen LogP contribution < -0.4 is 0 Å². The fourth-order valence-corrected chi connectivity index (χ4v) is 3.75. The van der Waals surface area contributed by atoms with Gasteiger partial charge < -0.3 is 14.4 Å². The second-order valence-electron chi connectivity index (χ2n) is 6.79. The summed E-state index contributed by atoms with van der Waals surface area (Å²) >= 11 is 1.80. The third kappa shape index (κ3) is 3.42. The smallest absolute Gasteiger partial charge is 0.257 e. The number of amides is 1. The molecule has 2 aliphatic heterocycles. The molecule has 0 unspecified atom stereocenters. The lowest BCUT2D eigenvalue weighted by atomic mass is 10.1. The van der Waals surface area contributed by atoms with Crippen LogP contribution in [-0.2, 0) is 14.3 Å². The van der Waals surface area contributed by atoms with Crippen molar-refractivity contribution in [3.05, 3.63) is 35.4 Å². The van der Waals surface area contributed by atoms with Crippen molar-refractivity contribution in [1.82, 2.24) is 4.90 Å². The summed E-state index contributed by atoms with van der Waals surface area (Å²) in [7, 11) is 0. The molecule has 0 bridgehead atoms. The number of carbonyl (C=O) groups is 1. The van der Waals surface area contributed by atoms with Gasteiger partial charge in [0.2, 0.25) is 0 Å². The predicted octanol–water partition coefficient (Wildman–Crippen LogP) is 3.15. The van der Waals surface area contributed by atoms with E-state index in [0.717, 1.165) is 17.7 Å². The van der Waals surface area contributed by atoms with Gasteiger partial charge in [0.15, 0.2) is 6.10 Å². The van der Waals surface area contributed by atoms with Gasteiger partial charge in [-0.3, -0.25) is 4.79 Å². The van der Waals surface area contributed by atoms with Gasteiger partial charge in [-0.05, 0) is 44.8 Å². The molecule has 0 saturated carbocycles. The van der Waals surface area contributed by atoms with Gasteiger partial charge in [-0.1, -0.05) is 29.8 Å². The van der Waals surface area contributed by atoms with E-state index in [9.17, 15) is 4.79 Å². The zero-order valence-corrected chi connectivity index (χ0v) is 15.1. The fraction of sp³-hybridized carbons (Fsp3) is 0.611. The maximum Gasteiger partial charge on any atom is 0.257 e. The van der Waals surface area contributed by atoms with Crippen LogP contribution in [0, 0.1) is 6.92 Å². The van der Waals surface area contributed by atoms with Gasteiger partial charge in [-0.25, -0.2) is 0 Å². The predicted molar refractivity (Wildman–Crippen MR) is 92.5 cm³/mol. The molecule has 0 spiro atoms. The molecule has 2 saturated heterocycles. The van der Waals surface area contributed by atoms with Crippen LogP contribution in [0.1, 0.15) is 37.5 Å². The first kappa shape index (κ1) is 16.8. The lowest BCUT2D eigenvalue weighted by molar-refractivity contribution is -0.147. The molecule has 2 fully saturated rings. The number of nitrogens with zero attached hydrogens (tertiary/aromatic N) is 1. The molecule has 2 heterocycles. The molecule has 0 radical (unpaired) electrons. The van der Waals surface area contributed by atoms with Crippen molar-refractivity contribution >= 4 is 17.7 Å². The van der Waals surface area contributed by atoms with Crippen molar-refractivity contribution in [2.75, 3.05) is 18.6 Å². The number of thioether (sulfide) groups is 1. The van der Waals surface area contributed by atoms with E-state index in [1.165, 1.54) is 5.56 Å². The van der Waals surface area contributed by atoms with E-state index in [-0.39, 0.29) is 24.2 Å². The molecular weight excluding hydrogens is 310 g/mol. The normalized spacial score (nSPS) is 28.9. The number of benzene rings is 1. The van der Waals surface area contributed by atoms with Gasteiger partial charge in [-0.15, -0.1) is 0 Å². The van der Waals surface area contributed by atoms with Crippen molar-refractivity contribution in [2.45, 2.75) is 51.2 Å². The van der Waals surface area contributed by atoms with Gasteiger partial charge in [0.25, 0.3) is 5.91 Å². The lowest BCUT2D eigenvalue weighted by Crippen LogP contribution is -2.50. The third-order valence-corrected chi connectivity index (χ3v) is 5.25. The molecule has 2 aliphatic rings. The van der Waals surface area contributed by atoms with E-state index >= 15 is 0 Å².